The second kappa shape index (κ2) is 3.35. The van der Waals surface area contributed by atoms with Crippen LogP contribution in [0.3, 0.4) is 0 Å². The summed E-state index contributed by atoms with van der Waals surface area (Å²) in [5, 5.41) is 0. The Morgan fingerprint density at radius 2 is 2.17 bits per heavy atom. The van der Waals surface area contributed by atoms with Crippen molar-refractivity contribution in [2.75, 3.05) is 13.1 Å². The smallest absolute Gasteiger partial charge is 0.0234 e. The molecule has 0 aromatic carbocycles. The van der Waals surface area contributed by atoms with E-state index in [0.717, 1.165) is 6.54 Å². The van der Waals surface area contributed by atoms with E-state index in [0.29, 0.717) is 17.5 Å². The maximum atomic E-state index is 6.11. The SMILES string of the molecule is CCC1(C)CN(C(C)C)CC1N. The van der Waals surface area contributed by atoms with Gasteiger partial charge in [-0.25, -0.2) is 0 Å². The Kier molecular flexibility index (Phi) is 2.79. The summed E-state index contributed by atoms with van der Waals surface area (Å²) in [5.74, 6) is 0. The number of likely N-dealkylation sites (tertiary alicyclic amines) is 1. The van der Waals surface area contributed by atoms with Crippen LogP contribution >= 0.6 is 0 Å². The average Bonchev–Trinajstić information content (AvgIpc) is 2.30. The highest BCUT2D eigenvalue weighted by Gasteiger charge is 2.39. The van der Waals surface area contributed by atoms with Crippen LogP contribution in [-0.4, -0.2) is 30.1 Å². The summed E-state index contributed by atoms with van der Waals surface area (Å²) in [6.07, 6.45) is 1.19. The molecule has 1 rings (SSSR count). The van der Waals surface area contributed by atoms with Crippen molar-refractivity contribution in [3.05, 3.63) is 0 Å². The van der Waals surface area contributed by atoms with E-state index in [1.54, 1.807) is 0 Å². The largest absolute Gasteiger partial charge is 0.326 e. The number of rotatable bonds is 2. The van der Waals surface area contributed by atoms with Crippen LogP contribution in [0, 0.1) is 5.41 Å². The van der Waals surface area contributed by atoms with Gasteiger partial charge in [-0.2, -0.15) is 0 Å². The summed E-state index contributed by atoms with van der Waals surface area (Å²) in [5.41, 5.74) is 6.46. The predicted octanol–water partition coefficient (Wildman–Crippen LogP) is 1.45. The molecule has 1 saturated heterocycles. The van der Waals surface area contributed by atoms with E-state index in [-0.39, 0.29) is 0 Å². The summed E-state index contributed by atoms with van der Waals surface area (Å²) < 4.78 is 0. The van der Waals surface area contributed by atoms with Gasteiger partial charge >= 0.3 is 0 Å². The standard InChI is InChI=1S/C10H22N2/c1-5-10(4)7-12(8(2)3)6-9(10)11/h8-9H,5-7,11H2,1-4H3. The second-order valence-corrected chi connectivity index (χ2v) is 4.64. The van der Waals surface area contributed by atoms with Crippen LogP contribution in [0.4, 0.5) is 0 Å². The fraction of sp³-hybridized carbons (Fsp3) is 1.00. The molecule has 1 aliphatic heterocycles. The van der Waals surface area contributed by atoms with E-state index in [9.17, 15) is 0 Å². The van der Waals surface area contributed by atoms with E-state index < -0.39 is 0 Å². The van der Waals surface area contributed by atoms with Crippen molar-refractivity contribution in [1.29, 1.82) is 0 Å². The molecule has 2 unspecified atom stereocenters. The Morgan fingerprint density at radius 3 is 2.42 bits per heavy atom. The third-order valence-electron chi connectivity index (χ3n) is 3.43. The second-order valence-electron chi connectivity index (χ2n) is 4.64. The van der Waals surface area contributed by atoms with Gasteiger partial charge < -0.3 is 5.73 Å². The van der Waals surface area contributed by atoms with Gasteiger partial charge in [-0.1, -0.05) is 13.8 Å². The Hall–Kier alpha value is -0.0800. The van der Waals surface area contributed by atoms with Crippen molar-refractivity contribution in [2.45, 2.75) is 46.2 Å². The summed E-state index contributed by atoms with van der Waals surface area (Å²) in [4.78, 5) is 2.48. The van der Waals surface area contributed by atoms with Crippen molar-refractivity contribution < 1.29 is 0 Å². The van der Waals surface area contributed by atoms with Crippen molar-refractivity contribution in [2.24, 2.45) is 11.1 Å². The zero-order chi connectivity index (χ0) is 9.35. The van der Waals surface area contributed by atoms with E-state index in [1.165, 1.54) is 13.0 Å². The molecule has 0 aromatic heterocycles. The molecule has 0 amide bonds. The molecule has 2 heteroatoms. The highest BCUT2D eigenvalue weighted by Crippen LogP contribution is 2.32. The van der Waals surface area contributed by atoms with Gasteiger partial charge in [0.1, 0.15) is 0 Å². The normalized spacial score (nSPS) is 38.0. The van der Waals surface area contributed by atoms with E-state index in [2.05, 4.69) is 32.6 Å². The Labute approximate surface area is 76.1 Å². The molecular formula is C10H22N2. The van der Waals surface area contributed by atoms with Crippen LogP contribution in [0.2, 0.25) is 0 Å². The summed E-state index contributed by atoms with van der Waals surface area (Å²) in [6.45, 7) is 11.3. The van der Waals surface area contributed by atoms with Crippen LogP contribution < -0.4 is 5.73 Å². The molecular weight excluding hydrogens is 148 g/mol. The number of hydrogen-bond acceptors (Lipinski definition) is 2. The molecule has 72 valence electrons. The number of nitrogens with two attached hydrogens (primary N) is 1. The van der Waals surface area contributed by atoms with Crippen LogP contribution in [0.15, 0.2) is 0 Å². The van der Waals surface area contributed by atoms with Gasteiger partial charge in [-0.05, 0) is 25.7 Å². The van der Waals surface area contributed by atoms with Gasteiger partial charge in [0.15, 0.2) is 0 Å². The van der Waals surface area contributed by atoms with Crippen LogP contribution in [-0.2, 0) is 0 Å². The minimum atomic E-state index is 0.351. The first-order chi connectivity index (χ1) is 5.49. The molecule has 0 radical (unpaired) electrons. The Morgan fingerprint density at radius 1 is 1.58 bits per heavy atom. The zero-order valence-electron chi connectivity index (χ0n) is 8.80. The molecule has 0 bridgehead atoms. The minimum absolute atomic E-state index is 0.351. The third kappa shape index (κ3) is 1.64. The van der Waals surface area contributed by atoms with E-state index in [4.69, 9.17) is 5.73 Å². The van der Waals surface area contributed by atoms with Gasteiger partial charge in [-0.3, -0.25) is 4.90 Å². The monoisotopic (exact) mass is 170 g/mol. The average molecular weight is 170 g/mol. The first kappa shape index (κ1) is 10.0. The summed E-state index contributed by atoms with van der Waals surface area (Å²) in [7, 11) is 0. The quantitative estimate of drug-likeness (QED) is 0.679. The summed E-state index contributed by atoms with van der Waals surface area (Å²) in [6, 6.07) is 1.01. The van der Waals surface area contributed by atoms with Crippen molar-refractivity contribution in [1.82, 2.24) is 4.90 Å². The van der Waals surface area contributed by atoms with Crippen LogP contribution in [0.5, 0.6) is 0 Å². The maximum Gasteiger partial charge on any atom is 0.0234 e. The summed E-state index contributed by atoms with van der Waals surface area (Å²) >= 11 is 0. The molecule has 1 heterocycles. The lowest BCUT2D eigenvalue weighted by atomic mass is 9.83. The third-order valence-corrected chi connectivity index (χ3v) is 3.43. The van der Waals surface area contributed by atoms with Gasteiger partial charge in [0.25, 0.3) is 0 Å². The molecule has 1 aliphatic rings. The highest BCUT2D eigenvalue weighted by molar-refractivity contribution is 4.96. The first-order valence-electron chi connectivity index (χ1n) is 4.99. The molecule has 1 fully saturated rings. The van der Waals surface area contributed by atoms with E-state index >= 15 is 0 Å². The lowest BCUT2D eigenvalue weighted by Gasteiger charge is -2.27. The molecule has 0 aliphatic carbocycles. The molecule has 2 nitrogen and oxygen atoms in total. The highest BCUT2D eigenvalue weighted by atomic mass is 15.2. The molecule has 0 spiro atoms. The van der Waals surface area contributed by atoms with Crippen LogP contribution in [0.1, 0.15) is 34.1 Å². The zero-order valence-corrected chi connectivity index (χ0v) is 8.80. The fourth-order valence-electron chi connectivity index (χ4n) is 1.89. The molecule has 2 atom stereocenters. The number of nitrogens with zero attached hydrogens (tertiary/aromatic N) is 1. The predicted molar refractivity (Wildman–Crippen MR) is 53.1 cm³/mol. The minimum Gasteiger partial charge on any atom is -0.326 e. The topological polar surface area (TPSA) is 29.3 Å². The molecule has 2 N–H and O–H groups in total. The lowest BCUT2D eigenvalue weighted by molar-refractivity contribution is 0.228. The molecule has 0 saturated carbocycles. The lowest BCUT2D eigenvalue weighted by Crippen LogP contribution is -2.37. The molecule has 12 heavy (non-hydrogen) atoms. The Balaban J connectivity index is 2.61. The fourth-order valence-corrected chi connectivity index (χ4v) is 1.89. The van der Waals surface area contributed by atoms with Gasteiger partial charge in [0.05, 0.1) is 0 Å². The first-order valence-corrected chi connectivity index (χ1v) is 4.99. The van der Waals surface area contributed by atoms with Crippen molar-refractivity contribution >= 4 is 0 Å². The van der Waals surface area contributed by atoms with Crippen molar-refractivity contribution in [3.8, 4) is 0 Å². The van der Waals surface area contributed by atoms with Crippen molar-refractivity contribution in [3.63, 3.8) is 0 Å². The van der Waals surface area contributed by atoms with Gasteiger partial charge in [0.2, 0.25) is 0 Å². The van der Waals surface area contributed by atoms with Gasteiger partial charge in [-0.15, -0.1) is 0 Å². The van der Waals surface area contributed by atoms with Crippen LogP contribution in [0.25, 0.3) is 0 Å². The Bertz CT molecular complexity index is 156. The maximum absolute atomic E-state index is 6.11. The number of hydrogen-bond donors (Lipinski definition) is 1. The van der Waals surface area contributed by atoms with E-state index in [1.807, 2.05) is 0 Å². The van der Waals surface area contributed by atoms with Gasteiger partial charge in [0, 0.05) is 25.2 Å². The molecule has 0 aromatic rings.